The van der Waals surface area contributed by atoms with E-state index in [1.807, 2.05) is 17.8 Å². The van der Waals surface area contributed by atoms with E-state index in [1.54, 1.807) is 0 Å². The molecule has 1 aromatic rings. The summed E-state index contributed by atoms with van der Waals surface area (Å²) < 4.78 is 0. The van der Waals surface area contributed by atoms with Crippen molar-refractivity contribution in [1.29, 1.82) is 0 Å². The highest BCUT2D eigenvalue weighted by molar-refractivity contribution is 7.99. The molecule has 96 valence electrons. The Morgan fingerprint density at radius 3 is 2.89 bits per heavy atom. The number of benzene rings is 1. The number of thioether (sulfide) groups is 1. The Morgan fingerprint density at radius 2 is 2.06 bits per heavy atom. The van der Waals surface area contributed by atoms with Gasteiger partial charge in [-0.15, -0.1) is 11.8 Å². The van der Waals surface area contributed by atoms with Crippen molar-refractivity contribution in [1.82, 2.24) is 4.90 Å². The molecule has 0 aromatic heterocycles. The Bertz CT molecular complexity index is 452. The number of carbonyl (C=O) groups excluding carboxylic acids is 1. The van der Waals surface area contributed by atoms with E-state index < -0.39 is 0 Å². The highest BCUT2D eigenvalue weighted by Crippen LogP contribution is 2.31. The van der Waals surface area contributed by atoms with Crippen LogP contribution in [-0.4, -0.2) is 36.1 Å². The summed E-state index contributed by atoms with van der Waals surface area (Å²) in [6, 6.07) is 6.24. The van der Waals surface area contributed by atoms with Gasteiger partial charge < -0.3 is 0 Å². The summed E-state index contributed by atoms with van der Waals surface area (Å²) in [4.78, 5) is 15.9. The van der Waals surface area contributed by atoms with Crippen molar-refractivity contribution in [2.24, 2.45) is 0 Å². The second kappa shape index (κ2) is 5.45. The third-order valence-electron chi connectivity index (χ3n) is 3.83. The van der Waals surface area contributed by atoms with Crippen molar-refractivity contribution in [3.8, 4) is 0 Å². The van der Waals surface area contributed by atoms with Gasteiger partial charge in [-0.25, -0.2) is 0 Å². The molecule has 2 nitrogen and oxygen atoms in total. The number of hydrogen-bond donors (Lipinski definition) is 0. The summed E-state index contributed by atoms with van der Waals surface area (Å²) in [5.41, 5.74) is 2.27. The molecular formula is C15H19NOS. The van der Waals surface area contributed by atoms with E-state index in [1.165, 1.54) is 35.5 Å². The zero-order chi connectivity index (χ0) is 12.4. The number of rotatable bonds is 3. The Kier molecular flexibility index (Phi) is 3.71. The third-order valence-corrected chi connectivity index (χ3v) is 4.94. The van der Waals surface area contributed by atoms with Crippen LogP contribution >= 0.6 is 11.8 Å². The summed E-state index contributed by atoms with van der Waals surface area (Å²) in [6.07, 6.45) is 4.92. The number of ketones is 1. The van der Waals surface area contributed by atoms with Crippen LogP contribution in [-0.2, 0) is 6.42 Å². The average Bonchev–Trinajstić information content (AvgIpc) is 2.87. The number of fused-ring (bicyclic) bond motifs is 1. The van der Waals surface area contributed by atoms with Crippen molar-refractivity contribution in [3.63, 3.8) is 0 Å². The predicted molar refractivity (Wildman–Crippen MR) is 75.5 cm³/mol. The molecule has 18 heavy (non-hydrogen) atoms. The van der Waals surface area contributed by atoms with Gasteiger partial charge in [0.05, 0.1) is 6.54 Å². The van der Waals surface area contributed by atoms with Crippen molar-refractivity contribution in [2.75, 3.05) is 25.4 Å². The van der Waals surface area contributed by atoms with Crippen LogP contribution in [0.5, 0.6) is 0 Å². The van der Waals surface area contributed by atoms with Gasteiger partial charge in [0.1, 0.15) is 0 Å². The second-order valence-corrected chi connectivity index (χ2v) is 6.32. The minimum absolute atomic E-state index is 0.289. The maximum Gasteiger partial charge on any atom is 0.176 e. The molecule has 0 spiro atoms. The van der Waals surface area contributed by atoms with Gasteiger partial charge in [0.25, 0.3) is 0 Å². The van der Waals surface area contributed by atoms with E-state index in [9.17, 15) is 4.79 Å². The maximum absolute atomic E-state index is 12.3. The van der Waals surface area contributed by atoms with E-state index in [2.05, 4.69) is 17.0 Å². The Balaban J connectivity index is 1.68. The first-order chi connectivity index (χ1) is 8.83. The fourth-order valence-electron chi connectivity index (χ4n) is 2.77. The van der Waals surface area contributed by atoms with Crippen molar-refractivity contribution < 1.29 is 4.79 Å². The van der Waals surface area contributed by atoms with Gasteiger partial charge in [-0.3, -0.25) is 9.69 Å². The highest BCUT2D eigenvalue weighted by Gasteiger charge is 2.17. The smallest absolute Gasteiger partial charge is 0.176 e. The molecule has 0 radical (unpaired) electrons. The topological polar surface area (TPSA) is 20.3 Å². The SMILES string of the molecule is O=C(CN1CCCCC1)c1ccc2c(c1)CCS2. The van der Waals surface area contributed by atoms with Gasteiger partial charge >= 0.3 is 0 Å². The molecule has 1 fully saturated rings. The molecular weight excluding hydrogens is 242 g/mol. The zero-order valence-electron chi connectivity index (χ0n) is 10.7. The fraction of sp³-hybridized carbons (Fsp3) is 0.533. The number of likely N-dealkylation sites (tertiary alicyclic amines) is 1. The molecule has 2 aliphatic rings. The largest absolute Gasteiger partial charge is 0.296 e. The van der Waals surface area contributed by atoms with E-state index in [4.69, 9.17) is 0 Å². The molecule has 0 unspecified atom stereocenters. The molecule has 0 bridgehead atoms. The molecule has 2 heterocycles. The highest BCUT2D eigenvalue weighted by atomic mass is 32.2. The lowest BCUT2D eigenvalue weighted by Crippen LogP contribution is -2.34. The summed E-state index contributed by atoms with van der Waals surface area (Å²) in [7, 11) is 0. The summed E-state index contributed by atoms with van der Waals surface area (Å²) in [5, 5.41) is 0. The maximum atomic E-state index is 12.3. The first-order valence-corrected chi connectivity index (χ1v) is 7.83. The van der Waals surface area contributed by atoms with E-state index >= 15 is 0 Å². The van der Waals surface area contributed by atoms with Crippen LogP contribution in [0.15, 0.2) is 23.1 Å². The number of nitrogens with zero attached hydrogens (tertiary/aromatic N) is 1. The lowest BCUT2D eigenvalue weighted by Gasteiger charge is -2.25. The molecule has 3 rings (SSSR count). The third kappa shape index (κ3) is 2.62. The number of Topliss-reactive ketones (excluding diaryl/α,β-unsaturated/α-hetero) is 1. The number of hydrogen-bond acceptors (Lipinski definition) is 3. The molecule has 0 atom stereocenters. The summed E-state index contributed by atoms with van der Waals surface area (Å²) in [6.45, 7) is 2.78. The van der Waals surface area contributed by atoms with Gasteiger partial charge in [0.15, 0.2) is 5.78 Å². The molecule has 0 aliphatic carbocycles. The minimum atomic E-state index is 0.289. The predicted octanol–water partition coefficient (Wildman–Crippen LogP) is 3.00. The fourth-order valence-corrected chi connectivity index (χ4v) is 3.82. The van der Waals surface area contributed by atoms with Crippen LogP contribution in [0.4, 0.5) is 0 Å². The van der Waals surface area contributed by atoms with Gasteiger partial charge in [-0.2, -0.15) is 0 Å². The summed E-state index contributed by atoms with van der Waals surface area (Å²) in [5.74, 6) is 1.45. The molecule has 1 aromatic carbocycles. The molecule has 3 heteroatoms. The molecule has 0 N–H and O–H groups in total. The standard InChI is InChI=1S/C15H19NOS/c17-14(11-16-7-2-1-3-8-16)12-4-5-15-13(10-12)6-9-18-15/h4-5,10H,1-3,6-9,11H2. The van der Waals surface area contributed by atoms with E-state index in [-0.39, 0.29) is 5.78 Å². The molecule has 0 saturated carbocycles. The van der Waals surface area contributed by atoms with Crippen LogP contribution in [0.1, 0.15) is 35.2 Å². The monoisotopic (exact) mass is 261 g/mol. The van der Waals surface area contributed by atoms with Crippen molar-refractivity contribution in [3.05, 3.63) is 29.3 Å². The lowest BCUT2D eigenvalue weighted by atomic mass is 10.0. The minimum Gasteiger partial charge on any atom is -0.296 e. The molecule has 0 amide bonds. The lowest BCUT2D eigenvalue weighted by molar-refractivity contribution is 0.0915. The van der Waals surface area contributed by atoms with Gasteiger partial charge in [0.2, 0.25) is 0 Å². The normalized spacial score (nSPS) is 19.8. The quantitative estimate of drug-likeness (QED) is 0.780. The van der Waals surface area contributed by atoms with Crippen molar-refractivity contribution in [2.45, 2.75) is 30.6 Å². The average molecular weight is 261 g/mol. The van der Waals surface area contributed by atoms with Crippen LogP contribution in [0, 0.1) is 0 Å². The Labute approximate surface area is 113 Å². The van der Waals surface area contributed by atoms with Gasteiger partial charge in [-0.05, 0) is 50.0 Å². The number of piperidine rings is 1. The Hall–Kier alpha value is -0.800. The van der Waals surface area contributed by atoms with Crippen LogP contribution in [0.2, 0.25) is 0 Å². The van der Waals surface area contributed by atoms with Gasteiger partial charge in [-0.1, -0.05) is 12.5 Å². The van der Waals surface area contributed by atoms with Gasteiger partial charge in [0, 0.05) is 16.2 Å². The number of carbonyl (C=O) groups is 1. The van der Waals surface area contributed by atoms with E-state index in [0.717, 1.165) is 25.1 Å². The van der Waals surface area contributed by atoms with Crippen LogP contribution < -0.4 is 0 Å². The molecule has 2 aliphatic heterocycles. The summed E-state index contributed by atoms with van der Waals surface area (Å²) >= 11 is 1.90. The Morgan fingerprint density at radius 1 is 1.22 bits per heavy atom. The first-order valence-electron chi connectivity index (χ1n) is 6.84. The van der Waals surface area contributed by atoms with Crippen LogP contribution in [0.25, 0.3) is 0 Å². The zero-order valence-corrected chi connectivity index (χ0v) is 11.5. The van der Waals surface area contributed by atoms with Crippen LogP contribution in [0.3, 0.4) is 0 Å². The first kappa shape index (κ1) is 12.2. The van der Waals surface area contributed by atoms with Crippen molar-refractivity contribution >= 4 is 17.5 Å². The molecule has 1 saturated heterocycles. The van der Waals surface area contributed by atoms with E-state index in [0.29, 0.717) is 6.54 Å². The number of aryl methyl sites for hydroxylation is 1. The second-order valence-electron chi connectivity index (χ2n) is 5.18.